The largest absolute Gasteiger partial charge is 0.343 e. The van der Waals surface area contributed by atoms with Crippen molar-refractivity contribution in [1.82, 2.24) is 9.80 Å². The van der Waals surface area contributed by atoms with Crippen LogP contribution in [0.1, 0.15) is 32.3 Å². The van der Waals surface area contributed by atoms with Crippen LogP contribution < -0.4 is 0 Å². The molecule has 1 saturated heterocycles. The van der Waals surface area contributed by atoms with Crippen molar-refractivity contribution in [1.29, 1.82) is 0 Å². The average molecular weight is 354 g/mol. The van der Waals surface area contributed by atoms with Gasteiger partial charge in [0, 0.05) is 42.8 Å². The van der Waals surface area contributed by atoms with Crippen molar-refractivity contribution in [3.8, 4) is 0 Å². The van der Waals surface area contributed by atoms with Gasteiger partial charge in [-0.3, -0.25) is 19.8 Å². The topological polar surface area (TPSA) is 66.7 Å². The van der Waals surface area contributed by atoms with Gasteiger partial charge >= 0.3 is 0 Å². The van der Waals surface area contributed by atoms with E-state index in [9.17, 15) is 14.9 Å². The van der Waals surface area contributed by atoms with Crippen LogP contribution in [0.3, 0.4) is 0 Å². The SMILES string of the molecule is CCN(CC)C(=O)[C@H]1CCCN(Cc2cc(Cl)ccc2[N+](=O)[O-])C1. The van der Waals surface area contributed by atoms with E-state index in [1.54, 1.807) is 6.07 Å². The smallest absolute Gasteiger partial charge is 0.273 e. The Morgan fingerprint density at radius 3 is 2.75 bits per heavy atom. The lowest BCUT2D eigenvalue weighted by Crippen LogP contribution is -2.44. The normalized spacial score (nSPS) is 18.4. The van der Waals surface area contributed by atoms with Gasteiger partial charge in [-0.2, -0.15) is 0 Å². The Bertz CT molecular complexity index is 605. The van der Waals surface area contributed by atoms with E-state index in [-0.39, 0.29) is 22.4 Å². The molecule has 0 aromatic heterocycles. The fourth-order valence-corrected chi connectivity index (χ4v) is 3.49. The Labute approximate surface area is 147 Å². The summed E-state index contributed by atoms with van der Waals surface area (Å²) < 4.78 is 0. The number of halogens is 1. The molecule has 0 saturated carbocycles. The van der Waals surface area contributed by atoms with Gasteiger partial charge in [-0.25, -0.2) is 0 Å². The lowest BCUT2D eigenvalue weighted by molar-refractivity contribution is -0.385. The van der Waals surface area contributed by atoms with Gasteiger partial charge in [0.25, 0.3) is 5.69 Å². The van der Waals surface area contributed by atoms with E-state index in [0.29, 0.717) is 36.8 Å². The molecule has 2 rings (SSSR count). The molecule has 1 heterocycles. The third-order valence-corrected chi connectivity index (χ3v) is 4.80. The molecule has 7 heteroatoms. The van der Waals surface area contributed by atoms with Crippen molar-refractivity contribution in [2.24, 2.45) is 5.92 Å². The summed E-state index contributed by atoms with van der Waals surface area (Å²) in [5, 5.41) is 11.7. The summed E-state index contributed by atoms with van der Waals surface area (Å²) in [4.78, 5) is 27.4. The zero-order valence-electron chi connectivity index (χ0n) is 14.2. The van der Waals surface area contributed by atoms with Crippen LogP contribution in [0.4, 0.5) is 5.69 Å². The third-order valence-electron chi connectivity index (χ3n) is 4.56. The molecule has 0 aliphatic carbocycles. The lowest BCUT2D eigenvalue weighted by atomic mass is 9.96. The van der Waals surface area contributed by atoms with Crippen LogP contribution in [-0.2, 0) is 11.3 Å². The highest BCUT2D eigenvalue weighted by Gasteiger charge is 2.29. The fourth-order valence-electron chi connectivity index (χ4n) is 3.29. The monoisotopic (exact) mass is 353 g/mol. The van der Waals surface area contributed by atoms with Gasteiger partial charge in [0.15, 0.2) is 0 Å². The van der Waals surface area contributed by atoms with Gasteiger partial charge in [0.2, 0.25) is 5.91 Å². The third kappa shape index (κ3) is 4.45. The number of nitrogens with zero attached hydrogens (tertiary/aromatic N) is 3. The predicted molar refractivity (Wildman–Crippen MR) is 94.0 cm³/mol. The van der Waals surface area contributed by atoms with E-state index in [1.165, 1.54) is 12.1 Å². The molecule has 1 aromatic rings. The molecule has 132 valence electrons. The maximum Gasteiger partial charge on any atom is 0.273 e. The number of hydrogen-bond donors (Lipinski definition) is 0. The minimum Gasteiger partial charge on any atom is -0.343 e. The number of nitro benzene ring substituents is 1. The van der Waals surface area contributed by atoms with Crippen molar-refractivity contribution in [2.75, 3.05) is 26.2 Å². The molecule has 1 aliphatic rings. The second-order valence-electron chi connectivity index (χ2n) is 6.11. The van der Waals surface area contributed by atoms with Crippen molar-refractivity contribution in [3.63, 3.8) is 0 Å². The standard InChI is InChI=1S/C17H24ClN3O3/c1-3-20(4-2)17(22)13-6-5-9-19(11-13)12-14-10-15(18)7-8-16(14)21(23)24/h7-8,10,13H,3-6,9,11-12H2,1-2H3/t13-/m0/s1. The second-order valence-corrected chi connectivity index (χ2v) is 6.55. The first kappa shape index (κ1) is 18.7. The Kier molecular flexibility index (Phi) is 6.57. The van der Waals surface area contributed by atoms with Crippen molar-refractivity contribution < 1.29 is 9.72 Å². The summed E-state index contributed by atoms with van der Waals surface area (Å²) in [6.45, 7) is 7.31. The zero-order valence-corrected chi connectivity index (χ0v) is 15.0. The van der Waals surface area contributed by atoms with Gasteiger partial charge in [0.1, 0.15) is 0 Å². The van der Waals surface area contributed by atoms with Crippen molar-refractivity contribution in [3.05, 3.63) is 38.9 Å². The molecule has 1 aromatic carbocycles. The van der Waals surface area contributed by atoms with E-state index in [4.69, 9.17) is 11.6 Å². The summed E-state index contributed by atoms with van der Waals surface area (Å²) in [5.74, 6) is 0.155. The lowest BCUT2D eigenvalue weighted by Gasteiger charge is -2.34. The summed E-state index contributed by atoms with van der Waals surface area (Å²) >= 11 is 6.00. The molecule has 0 radical (unpaired) electrons. The van der Waals surface area contributed by atoms with Gasteiger partial charge < -0.3 is 4.90 Å². The number of carbonyl (C=O) groups excluding carboxylic acids is 1. The highest BCUT2D eigenvalue weighted by atomic mass is 35.5. The van der Waals surface area contributed by atoms with Gasteiger partial charge in [-0.05, 0) is 45.4 Å². The summed E-state index contributed by atoms with van der Waals surface area (Å²) in [6, 6.07) is 4.63. The van der Waals surface area contributed by atoms with Crippen LogP contribution >= 0.6 is 11.6 Å². The summed E-state index contributed by atoms with van der Waals surface area (Å²) in [7, 11) is 0. The van der Waals surface area contributed by atoms with E-state index >= 15 is 0 Å². The first-order chi connectivity index (χ1) is 11.5. The quantitative estimate of drug-likeness (QED) is 0.581. The summed E-state index contributed by atoms with van der Waals surface area (Å²) in [5.41, 5.74) is 0.681. The second kappa shape index (κ2) is 8.44. The molecule has 0 spiro atoms. The number of piperidine rings is 1. The molecule has 1 fully saturated rings. The first-order valence-electron chi connectivity index (χ1n) is 8.40. The Balaban J connectivity index is 2.10. The minimum absolute atomic E-state index is 0.0307. The number of hydrogen-bond acceptors (Lipinski definition) is 4. The molecule has 1 aliphatic heterocycles. The fraction of sp³-hybridized carbons (Fsp3) is 0.588. The molecule has 6 nitrogen and oxygen atoms in total. The predicted octanol–water partition coefficient (Wildman–Crippen LogP) is 3.33. The molecular formula is C17H24ClN3O3. The minimum atomic E-state index is -0.381. The van der Waals surface area contributed by atoms with Crippen molar-refractivity contribution >= 4 is 23.2 Å². The van der Waals surface area contributed by atoms with Crippen LogP contribution in [-0.4, -0.2) is 46.8 Å². The Hall–Kier alpha value is -1.66. The van der Waals surface area contributed by atoms with E-state index < -0.39 is 0 Å². The average Bonchev–Trinajstić information content (AvgIpc) is 2.56. The zero-order chi connectivity index (χ0) is 17.7. The van der Waals surface area contributed by atoms with Crippen LogP contribution in [0.25, 0.3) is 0 Å². The highest BCUT2D eigenvalue weighted by molar-refractivity contribution is 6.30. The Morgan fingerprint density at radius 1 is 1.42 bits per heavy atom. The van der Waals surface area contributed by atoms with Crippen LogP contribution in [0.15, 0.2) is 18.2 Å². The maximum absolute atomic E-state index is 12.6. The highest BCUT2D eigenvalue weighted by Crippen LogP contribution is 2.27. The molecule has 24 heavy (non-hydrogen) atoms. The van der Waals surface area contributed by atoms with Crippen LogP contribution in [0, 0.1) is 16.0 Å². The number of rotatable bonds is 6. The molecule has 0 unspecified atom stereocenters. The number of benzene rings is 1. The number of carbonyl (C=O) groups is 1. The molecule has 0 N–H and O–H groups in total. The molecule has 1 atom stereocenters. The van der Waals surface area contributed by atoms with Gasteiger partial charge in [-0.15, -0.1) is 0 Å². The molecule has 0 bridgehead atoms. The van der Waals surface area contributed by atoms with Gasteiger partial charge in [-0.1, -0.05) is 11.6 Å². The van der Waals surface area contributed by atoms with Gasteiger partial charge in [0.05, 0.1) is 10.8 Å². The molecule has 1 amide bonds. The van der Waals surface area contributed by atoms with Crippen molar-refractivity contribution in [2.45, 2.75) is 33.2 Å². The number of nitro groups is 1. The van der Waals surface area contributed by atoms with E-state index in [0.717, 1.165) is 19.4 Å². The Morgan fingerprint density at radius 2 is 2.12 bits per heavy atom. The first-order valence-corrected chi connectivity index (χ1v) is 8.78. The van der Waals surface area contributed by atoms with E-state index in [2.05, 4.69) is 4.90 Å². The maximum atomic E-state index is 12.6. The number of amides is 1. The molecular weight excluding hydrogens is 330 g/mol. The van der Waals surface area contributed by atoms with Crippen LogP contribution in [0.5, 0.6) is 0 Å². The number of likely N-dealkylation sites (tertiary alicyclic amines) is 1. The van der Waals surface area contributed by atoms with Crippen LogP contribution in [0.2, 0.25) is 5.02 Å². The van der Waals surface area contributed by atoms with E-state index in [1.807, 2.05) is 18.7 Å². The summed E-state index contributed by atoms with van der Waals surface area (Å²) in [6.07, 6.45) is 1.80.